The summed E-state index contributed by atoms with van der Waals surface area (Å²) in [7, 11) is 0. The minimum Gasteiger partial charge on any atom is -0.463 e. The van der Waals surface area contributed by atoms with Gasteiger partial charge in [0.15, 0.2) is 0 Å². The quantitative estimate of drug-likeness (QED) is 0.154. The molecule has 0 aromatic carbocycles. The minimum atomic E-state index is -0.474. The van der Waals surface area contributed by atoms with E-state index in [9.17, 15) is 9.59 Å². The molecular formula is C23H42O4. The predicted molar refractivity (Wildman–Crippen MR) is 112 cm³/mol. The molecule has 158 valence electrons. The van der Waals surface area contributed by atoms with E-state index in [2.05, 4.69) is 13.8 Å². The van der Waals surface area contributed by atoms with E-state index in [0.717, 1.165) is 25.7 Å². The Morgan fingerprint density at radius 3 is 1.78 bits per heavy atom. The first-order valence-corrected chi connectivity index (χ1v) is 11.2. The number of hydrogen-bond donors (Lipinski definition) is 0. The molecule has 0 rings (SSSR count). The van der Waals surface area contributed by atoms with Gasteiger partial charge in [-0.25, -0.2) is 9.59 Å². The van der Waals surface area contributed by atoms with E-state index in [0.29, 0.717) is 6.61 Å². The molecule has 0 spiro atoms. The first-order valence-electron chi connectivity index (χ1n) is 11.2. The molecule has 0 aliphatic carbocycles. The highest BCUT2D eigenvalue weighted by molar-refractivity contribution is 5.91. The third-order valence-electron chi connectivity index (χ3n) is 4.63. The Bertz CT molecular complexity index is 390. The van der Waals surface area contributed by atoms with Crippen molar-refractivity contribution in [1.29, 1.82) is 0 Å². The molecule has 0 aliphatic heterocycles. The van der Waals surface area contributed by atoms with Crippen LogP contribution >= 0.6 is 0 Å². The van der Waals surface area contributed by atoms with Gasteiger partial charge in [-0.2, -0.15) is 0 Å². The molecule has 0 aliphatic rings. The molecular weight excluding hydrogens is 340 g/mol. The lowest BCUT2D eigenvalue weighted by atomic mass is 10.1. The third-order valence-corrected chi connectivity index (χ3v) is 4.63. The van der Waals surface area contributed by atoms with Gasteiger partial charge in [0.05, 0.1) is 12.7 Å². The van der Waals surface area contributed by atoms with Gasteiger partial charge in [-0.1, -0.05) is 84.5 Å². The van der Waals surface area contributed by atoms with Crippen molar-refractivity contribution in [2.24, 2.45) is 0 Å². The van der Waals surface area contributed by atoms with Crippen LogP contribution in [0.4, 0.5) is 0 Å². The third kappa shape index (κ3) is 19.3. The molecule has 0 heterocycles. The van der Waals surface area contributed by atoms with Gasteiger partial charge in [0, 0.05) is 12.2 Å². The van der Waals surface area contributed by atoms with Gasteiger partial charge in [0.2, 0.25) is 0 Å². The van der Waals surface area contributed by atoms with Gasteiger partial charge in [0.25, 0.3) is 0 Å². The van der Waals surface area contributed by atoms with Crippen molar-refractivity contribution in [1.82, 2.24) is 0 Å². The first-order chi connectivity index (χ1) is 13.1. The van der Waals surface area contributed by atoms with E-state index in [1.807, 2.05) is 6.92 Å². The van der Waals surface area contributed by atoms with Crippen molar-refractivity contribution < 1.29 is 19.1 Å². The summed E-state index contributed by atoms with van der Waals surface area (Å²) >= 11 is 0. The van der Waals surface area contributed by atoms with Crippen molar-refractivity contribution in [2.45, 2.75) is 117 Å². The lowest BCUT2D eigenvalue weighted by molar-refractivity contribution is -0.143. The standard InChI is InChI=1S/C23H42O4/c1-4-6-8-10-11-12-13-14-16-20-26-22(24)18-19-23(25)27-21(3)17-15-9-7-5-2/h18-19,21H,4-17,20H2,1-3H3/b19-18+. The van der Waals surface area contributed by atoms with E-state index in [4.69, 9.17) is 9.47 Å². The normalized spacial score (nSPS) is 12.3. The zero-order chi connectivity index (χ0) is 20.2. The number of ether oxygens (including phenoxy) is 2. The lowest BCUT2D eigenvalue weighted by Crippen LogP contribution is -2.13. The van der Waals surface area contributed by atoms with Crippen molar-refractivity contribution in [2.75, 3.05) is 6.61 Å². The van der Waals surface area contributed by atoms with Crippen LogP contribution in [-0.2, 0) is 19.1 Å². The molecule has 0 aromatic heterocycles. The van der Waals surface area contributed by atoms with Crippen LogP contribution in [0.3, 0.4) is 0 Å². The Morgan fingerprint density at radius 1 is 0.704 bits per heavy atom. The van der Waals surface area contributed by atoms with Gasteiger partial charge in [-0.15, -0.1) is 0 Å². The van der Waals surface area contributed by atoms with Crippen LogP contribution in [-0.4, -0.2) is 24.6 Å². The molecule has 0 radical (unpaired) electrons. The summed E-state index contributed by atoms with van der Waals surface area (Å²) < 4.78 is 10.4. The number of carbonyl (C=O) groups excluding carboxylic acids is 2. The molecule has 0 amide bonds. The number of rotatable bonds is 18. The van der Waals surface area contributed by atoms with Crippen LogP contribution in [0.1, 0.15) is 111 Å². The topological polar surface area (TPSA) is 52.6 Å². The molecule has 0 saturated carbocycles. The van der Waals surface area contributed by atoms with E-state index in [1.54, 1.807) is 0 Å². The summed E-state index contributed by atoms with van der Waals surface area (Å²) in [6.07, 6.45) is 18.8. The zero-order valence-corrected chi connectivity index (χ0v) is 18.0. The average molecular weight is 383 g/mol. The number of unbranched alkanes of at least 4 members (excludes halogenated alkanes) is 11. The maximum Gasteiger partial charge on any atom is 0.331 e. The second-order valence-corrected chi connectivity index (χ2v) is 7.43. The van der Waals surface area contributed by atoms with E-state index >= 15 is 0 Å². The molecule has 0 N–H and O–H groups in total. The van der Waals surface area contributed by atoms with Crippen molar-refractivity contribution in [3.63, 3.8) is 0 Å². The minimum absolute atomic E-state index is 0.114. The number of hydrogen-bond acceptors (Lipinski definition) is 4. The van der Waals surface area contributed by atoms with Gasteiger partial charge in [0.1, 0.15) is 0 Å². The monoisotopic (exact) mass is 382 g/mol. The van der Waals surface area contributed by atoms with Gasteiger partial charge in [-0.05, 0) is 26.2 Å². The number of esters is 2. The van der Waals surface area contributed by atoms with Crippen LogP contribution in [0.25, 0.3) is 0 Å². The Hall–Kier alpha value is -1.32. The smallest absolute Gasteiger partial charge is 0.331 e. The summed E-state index contributed by atoms with van der Waals surface area (Å²) in [5, 5.41) is 0. The number of carbonyl (C=O) groups is 2. The molecule has 0 bridgehead atoms. The molecule has 0 aromatic rings. The van der Waals surface area contributed by atoms with Gasteiger partial charge < -0.3 is 9.47 Å². The fourth-order valence-corrected chi connectivity index (χ4v) is 2.92. The fourth-order valence-electron chi connectivity index (χ4n) is 2.92. The second-order valence-electron chi connectivity index (χ2n) is 7.43. The van der Waals surface area contributed by atoms with Gasteiger partial charge in [-0.3, -0.25) is 0 Å². The highest BCUT2D eigenvalue weighted by atomic mass is 16.5. The molecule has 27 heavy (non-hydrogen) atoms. The Labute approximate surface area is 167 Å². The fraction of sp³-hybridized carbons (Fsp3) is 0.826. The Kier molecular flexibility index (Phi) is 18.5. The van der Waals surface area contributed by atoms with E-state index in [1.165, 1.54) is 76.4 Å². The van der Waals surface area contributed by atoms with Crippen LogP contribution in [0.5, 0.6) is 0 Å². The van der Waals surface area contributed by atoms with Crippen molar-refractivity contribution in [3.05, 3.63) is 12.2 Å². The second kappa shape index (κ2) is 19.4. The Balaban J connectivity index is 3.58. The molecule has 4 nitrogen and oxygen atoms in total. The zero-order valence-electron chi connectivity index (χ0n) is 18.0. The van der Waals surface area contributed by atoms with Crippen molar-refractivity contribution >= 4 is 11.9 Å². The molecule has 0 saturated heterocycles. The summed E-state index contributed by atoms with van der Waals surface area (Å²) in [6, 6.07) is 0. The first kappa shape index (κ1) is 25.7. The highest BCUT2D eigenvalue weighted by Gasteiger charge is 2.07. The molecule has 1 unspecified atom stereocenters. The largest absolute Gasteiger partial charge is 0.463 e. The van der Waals surface area contributed by atoms with Crippen molar-refractivity contribution in [3.8, 4) is 0 Å². The van der Waals surface area contributed by atoms with Crippen LogP contribution in [0.15, 0.2) is 12.2 Å². The molecule has 0 fully saturated rings. The predicted octanol–water partition coefficient (Wildman–Crippen LogP) is 6.52. The highest BCUT2D eigenvalue weighted by Crippen LogP contribution is 2.10. The summed E-state index contributed by atoms with van der Waals surface area (Å²) in [4.78, 5) is 23.3. The maximum atomic E-state index is 11.7. The molecule has 4 heteroatoms. The van der Waals surface area contributed by atoms with E-state index < -0.39 is 11.9 Å². The van der Waals surface area contributed by atoms with Crippen LogP contribution in [0, 0.1) is 0 Å². The molecule has 1 atom stereocenters. The summed E-state index contributed by atoms with van der Waals surface area (Å²) in [5.74, 6) is -0.944. The summed E-state index contributed by atoms with van der Waals surface area (Å²) in [5.41, 5.74) is 0. The van der Waals surface area contributed by atoms with Crippen LogP contribution < -0.4 is 0 Å². The van der Waals surface area contributed by atoms with E-state index in [-0.39, 0.29) is 6.10 Å². The maximum absolute atomic E-state index is 11.7. The SMILES string of the molecule is CCCCCCCCCCCOC(=O)/C=C/C(=O)OC(C)CCCCCC. The average Bonchev–Trinajstić information content (AvgIpc) is 2.65. The summed E-state index contributed by atoms with van der Waals surface area (Å²) in [6.45, 7) is 6.71. The Morgan fingerprint density at radius 2 is 1.19 bits per heavy atom. The van der Waals surface area contributed by atoms with Crippen LogP contribution in [0.2, 0.25) is 0 Å². The van der Waals surface area contributed by atoms with Gasteiger partial charge >= 0.3 is 11.9 Å². The lowest BCUT2D eigenvalue weighted by Gasteiger charge is -2.11.